The number of hydrazine groups is 1. The van der Waals surface area contributed by atoms with Crippen molar-refractivity contribution in [3.05, 3.63) is 0 Å². The van der Waals surface area contributed by atoms with Gasteiger partial charge in [0.25, 0.3) is 0 Å². The number of aliphatic imine (C=N–C) groups is 1. The number of rotatable bonds is 4. The Morgan fingerprint density at radius 2 is 1.74 bits per heavy atom. The fraction of sp³-hybridized carbons (Fsp3) is 0.933. The van der Waals surface area contributed by atoms with Gasteiger partial charge in [-0.1, -0.05) is 39.0 Å². The van der Waals surface area contributed by atoms with Crippen LogP contribution >= 0.6 is 0 Å². The zero-order valence-electron chi connectivity index (χ0n) is 12.3. The quantitative estimate of drug-likeness (QED) is 0.317. The lowest BCUT2D eigenvalue weighted by Gasteiger charge is -2.31. The SMILES string of the molecule is CCC(NC(=NC1CCCC1)NN)C1CCCCC1. The molecule has 0 bridgehead atoms. The normalized spacial score (nSPS) is 24.4. The standard InChI is InChI=1S/C15H30N4/c1-2-14(12-8-4-3-5-9-12)18-15(19-16)17-13-10-6-7-11-13/h12-14H,2-11,16H2,1H3,(H2,17,18,19). The molecule has 0 saturated heterocycles. The molecule has 1 unspecified atom stereocenters. The number of nitrogens with one attached hydrogen (secondary N) is 2. The Bertz CT molecular complexity index is 278. The molecular formula is C15H30N4. The third kappa shape index (κ3) is 4.37. The Morgan fingerprint density at radius 1 is 1.11 bits per heavy atom. The van der Waals surface area contributed by atoms with Gasteiger partial charge < -0.3 is 5.32 Å². The lowest BCUT2D eigenvalue weighted by molar-refractivity contribution is 0.282. The van der Waals surface area contributed by atoms with Gasteiger partial charge in [-0.05, 0) is 38.0 Å². The Morgan fingerprint density at radius 3 is 2.32 bits per heavy atom. The van der Waals surface area contributed by atoms with Crippen molar-refractivity contribution < 1.29 is 0 Å². The van der Waals surface area contributed by atoms with Crippen molar-refractivity contribution in [1.29, 1.82) is 0 Å². The maximum atomic E-state index is 5.64. The summed E-state index contributed by atoms with van der Waals surface area (Å²) < 4.78 is 0. The number of guanidine groups is 1. The summed E-state index contributed by atoms with van der Waals surface area (Å²) in [6.45, 7) is 2.26. The lowest BCUT2D eigenvalue weighted by atomic mass is 9.83. The zero-order chi connectivity index (χ0) is 13.5. The molecule has 0 aromatic carbocycles. The number of hydrogen-bond donors (Lipinski definition) is 3. The molecule has 0 radical (unpaired) electrons. The van der Waals surface area contributed by atoms with Gasteiger partial charge in [0.1, 0.15) is 0 Å². The average molecular weight is 266 g/mol. The molecule has 110 valence electrons. The Kier molecular flexibility index (Phi) is 5.95. The van der Waals surface area contributed by atoms with Crippen LogP contribution in [0.15, 0.2) is 4.99 Å². The van der Waals surface area contributed by atoms with Gasteiger partial charge in [0, 0.05) is 6.04 Å². The van der Waals surface area contributed by atoms with E-state index in [4.69, 9.17) is 10.8 Å². The lowest BCUT2D eigenvalue weighted by Crippen LogP contribution is -2.49. The van der Waals surface area contributed by atoms with Crippen molar-refractivity contribution in [2.75, 3.05) is 0 Å². The smallest absolute Gasteiger partial charge is 0.206 e. The van der Waals surface area contributed by atoms with E-state index < -0.39 is 0 Å². The first-order valence-electron chi connectivity index (χ1n) is 8.14. The van der Waals surface area contributed by atoms with Crippen LogP contribution in [0.25, 0.3) is 0 Å². The molecule has 0 heterocycles. The van der Waals surface area contributed by atoms with Crippen LogP contribution in [0.2, 0.25) is 0 Å². The second-order valence-electron chi connectivity index (χ2n) is 6.12. The van der Waals surface area contributed by atoms with Gasteiger partial charge in [0.2, 0.25) is 5.96 Å². The van der Waals surface area contributed by atoms with E-state index in [1.165, 1.54) is 57.8 Å². The van der Waals surface area contributed by atoms with E-state index in [2.05, 4.69) is 17.7 Å². The minimum absolute atomic E-state index is 0.474. The summed E-state index contributed by atoms with van der Waals surface area (Å²) in [4.78, 5) is 4.75. The second kappa shape index (κ2) is 7.73. The van der Waals surface area contributed by atoms with E-state index in [1.807, 2.05) is 0 Å². The van der Waals surface area contributed by atoms with Crippen LogP contribution in [0.3, 0.4) is 0 Å². The number of nitrogens with two attached hydrogens (primary N) is 1. The molecule has 0 aliphatic heterocycles. The van der Waals surface area contributed by atoms with Gasteiger partial charge in [0.15, 0.2) is 0 Å². The third-order valence-corrected chi connectivity index (χ3v) is 4.75. The minimum atomic E-state index is 0.474. The molecule has 2 fully saturated rings. The van der Waals surface area contributed by atoms with E-state index in [9.17, 15) is 0 Å². The Labute approximate surface area is 117 Å². The predicted molar refractivity (Wildman–Crippen MR) is 80.8 cm³/mol. The first-order valence-corrected chi connectivity index (χ1v) is 8.14. The molecule has 4 heteroatoms. The summed E-state index contributed by atoms with van der Waals surface area (Å²) in [5.41, 5.74) is 2.77. The van der Waals surface area contributed by atoms with E-state index in [-0.39, 0.29) is 0 Å². The molecule has 0 spiro atoms. The summed E-state index contributed by atoms with van der Waals surface area (Å²) >= 11 is 0. The predicted octanol–water partition coefficient (Wildman–Crippen LogP) is 2.70. The monoisotopic (exact) mass is 266 g/mol. The highest BCUT2D eigenvalue weighted by Gasteiger charge is 2.23. The second-order valence-corrected chi connectivity index (χ2v) is 6.12. The molecule has 0 aromatic heterocycles. The molecule has 2 saturated carbocycles. The van der Waals surface area contributed by atoms with Crippen molar-refractivity contribution in [2.45, 2.75) is 83.2 Å². The van der Waals surface area contributed by atoms with Gasteiger partial charge in [-0.15, -0.1) is 0 Å². The number of nitrogens with zero attached hydrogens (tertiary/aromatic N) is 1. The first-order chi connectivity index (χ1) is 9.33. The van der Waals surface area contributed by atoms with Gasteiger partial charge in [0.05, 0.1) is 6.04 Å². The fourth-order valence-corrected chi connectivity index (χ4v) is 3.60. The number of hydrogen-bond acceptors (Lipinski definition) is 2. The van der Waals surface area contributed by atoms with E-state index in [1.54, 1.807) is 0 Å². The Hall–Kier alpha value is -0.770. The van der Waals surface area contributed by atoms with Crippen LogP contribution in [0.1, 0.15) is 71.1 Å². The summed E-state index contributed by atoms with van der Waals surface area (Å²) in [7, 11) is 0. The van der Waals surface area contributed by atoms with Gasteiger partial charge in [-0.2, -0.15) is 0 Å². The fourth-order valence-electron chi connectivity index (χ4n) is 3.60. The van der Waals surface area contributed by atoms with Crippen LogP contribution in [-0.4, -0.2) is 18.0 Å². The summed E-state index contributed by atoms with van der Waals surface area (Å²) in [6.07, 6.45) is 13.1. The Balaban J connectivity index is 1.90. The molecular weight excluding hydrogens is 236 g/mol. The van der Waals surface area contributed by atoms with Gasteiger partial charge in [-0.25, -0.2) is 10.8 Å². The summed E-state index contributed by atoms with van der Waals surface area (Å²) in [5, 5.41) is 3.56. The molecule has 0 aromatic rings. The van der Waals surface area contributed by atoms with Crippen LogP contribution in [0.4, 0.5) is 0 Å². The molecule has 4 nitrogen and oxygen atoms in total. The third-order valence-electron chi connectivity index (χ3n) is 4.75. The largest absolute Gasteiger partial charge is 0.352 e. The molecule has 1 atom stereocenters. The summed E-state index contributed by atoms with van der Waals surface area (Å²) in [6, 6.07) is 0.999. The van der Waals surface area contributed by atoms with Crippen LogP contribution in [0.5, 0.6) is 0 Å². The van der Waals surface area contributed by atoms with Crippen molar-refractivity contribution in [2.24, 2.45) is 16.8 Å². The van der Waals surface area contributed by atoms with Crippen molar-refractivity contribution in [1.82, 2.24) is 10.7 Å². The maximum absolute atomic E-state index is 5.64. The van der Waals surface area contributed by atoms with Crippen molar-refractivity contribution in [3.63, 3.8) is 0 Å². The average Bonchev–Trinajstić information content (AvgIpc) is 2.97. The van der Waals surface area contributed by atoms with E-state index in [0.29, 0.717) is 12.1 Å². The van der Waals surface area contributed by atoms with E-state index >= 15 is 0 Å². The molecule has 2 aliphatic carbocycles. The molecule has 19 heavy (non-hydrogen) atoms. The molecule has 0 amide bonds. The molecule has 2 rings (SSSR count). The highest BCUT2D eigenvalue weighted by molar-refractivity contribution is 5.79. The highest BCUT2D eigenvalue weighted by Crippen LogP contribution is 2.27. The molecule has 2 aliphatic rings. The van der Waals surface area contributed by atoms with Crippen LogP contribution in [0, 0.1) is 5.92 Å². The van der Waals surface area contributed by atoms with Crippen LogP contribution < -0.4 is 16.6 Å². The van der Waals surface area contributed by atoms with Gasteiger partial charge in [-0.3, -0.25) is 5.43 Å². The van der Waals surface area contributed by atoms with Crippen molar-refractivity contribution in [3.8, 4) is 0 Å². The van der Waals surface area contributed by atoms with Gasteiger partial charge >= 0.3 is 0 Å². The minimum Gasteiger partial charge on any atom is -0.352 e. The maximum Gasteiger partial charge on any atom is 0.206 e. The van der Waals surface area contributed by atoms with Crippen LogP contribution in [-0.2, 0) is 0 Å². The highest BCUT2D eigenvalue weighted by atomic mass is 15.3. The summed E-state index contributed by atoms with van der Waals surface area (Å²) in [5.74, 6) is 7.24. The van der Waals surface area contributed by atoms with Crippen molar-refractivity contribution >= 4 is 5.96 Å². The zero-order valence-corrected chi connectivity index (χ0v) is 12.3. The first kappa shape index (κ1) is 14.6. The molecule has 4 N–H and O–H groups in total. The van der Waals surface area contributed by atoms with E-state index in [0.717, 1.165) is 18.3 Å². The topological polar surface area (TPSA) is 62.4 Å².